The Balaban J connectivity index is 1.99. The highest BCUT2D eigenvalue weighted by atomic mass is 32.1. The van der Waals surface area contributed by atoms with E-state index in [1.165, 1.54) is 12.1 Å². The summed E-state index contributed by atoms with van der Waals surface area (Å²) in [5.74, 6) is -0.322. The summed E-state index contributed by atoms with van der Waals surface area (Å²) in [7, 11) is 2.01. The Hall–Kier alpha value is -1.85. The van der Waals surface area contributed by atoms with Crippen molar-refractivity contribution in [1.29, 1.82) is 0 Å². The molecule has 1 aromatic heterocycles. The number of hydrogen-bond acceptors (Lipinski definition) is 3. The van der Waals surface area contributed by atoms with Crippen LogP contribution in [0.5, 0.6) is 0 Å². The van der Waals surface area contributed by atoms with E-state index in [2.05, 4.69) is 9.88 Å². The van der Waals surface area contributed by atoms with Gasteiger partial charge in [-0.1, -0.05) is 24.4 Å². The number of halogens is 1. The first-order valence-corrected chi connectivity index (χ1v) is 7.14. The lowest BCUT2D eigenvalue weighted by Crippen LogP contribution is -2.23. The number of aromatic nitrogens is 1. The quantitative estimate of drug-likeness (QED) is 0.833. The van der Waals surface area contributed by atoms with E-state index in [0.717, 1.165) is 24.2 Å². The van der Waals surface area contributed by atoms with Crippen LogP contribution in [0.2, 0.25) is 0 Å². The first kappa shape index (κ1) is 15.5. The fraction of sp³-hybridized carbons (Fsp3) is 0.250. The van der Waals surface area contributed by atoms with E-state index < -0.39 is 0 Å². The van der Waals surface area contributed by atoms with Crippen molar-refractivity contribution in [1.82, 2.24) is 9.88 Å². The fourth-order valence-corrected chi connectivity index (χ4v) is 2.33. The first-order chi connectivity index (χ1) is 10.1. The van der Waals surface area contributed by atoms with Crippen molar-refractivity contribution in [2.24, 2.45) is 5.73 Å². The average Bonchev–Trinajstić information content (AvgIpc) is 2.48. The van der Waals surface area contributed by atoms with Crippen molar-refractivity contribution in [3.63, 3.8) is 0 Å². The lowest BCUT2D eigenvalue weighted by atomic mass is 10.1. The summed E-state index contributed by atoms with van der Waals surface area (Å²) in [6.45, 7) is 1.52. The SMILES string of the molecule is CN(CCc1ccccn1)Cc1ccc(F)cc1C(N)=S. The van der Waals surface area contributed by atoms with Crippen LogP contribution in [0.4, 0.5) is 4.39 Å². The molecule has 0 aliphatic rings. The zero-order valence-electron chi connectivity index (χ0n) is 11.9. The lowest BCUT2D eigenvalue weighted by molar-refractivity contribution is 0.329. The predicted octanol–water partition coefficient (Wildman–Crippen LogP) is 2.53. The number of rotatable bonds is 6. The van der Waals surface area contributed by atoms with Gasteiger partial charge in [0, 0.05) is 37.0 Å². The molecule has 0 spiro atoms. The van der Waals surface area contributed by atoms with Crippen molar-refractivity contribution in [3.05, 3.63) is 65.2 Å². The summed E-state index contributed by atoms with van der Waals surface area (Å²) in [6, 6.07) is 10.5. The second-order valence-corrected chi connectivity index (χ2v) is 5.41. The number of likely N-dealkylation sites (N-methyl/N-ethyl adjacent to an activating group) is 1. The summed E-state index contributed by atoms with van der Waals surface area (Å²) in [4.78, 5) is 6.67. The maximum absolute atomic E-state index is 13.3. The second-order valence-electron chi connectivity index (χ2n) is 4.97. The maximum atomic E-state index is 13.3. The topological polar surface area (TPSA) is 42.2 Å². The molecule has 2 rings (SSSR count). The van der Waals surface area contributed by atoms with E-state index in [1.54, 1.807) is 12.3 Å². The van der Waals surface area contributed by atoms with E-state index in [0.29, 0.717) is 12.1 Å². The van der Waals surface area contributed by atoms with Gasteiger partial charge in [0.05, 0.1) is 0 Å². The fourth-order valence-electron chi connectivity index (χ4n) is 2.14. The van der Waals surface area contributed by atoms with E-state index in [4.69, 9.17) is 18.0 Å². The van der Waals surface area contributed by atoms with Crippen molar-refractivity contribution < 1.29 is 4.39 Å². The Morgan fingerprint density at radius 2 is 2.14 bits per heavy atom. The molecule has 110 valence electrons. The van der Waals surface area contributed by atoms with Gasteiger partial charge in [-0.3, -0.25) is 4.98 Å². The van der Waals surface area contributed by atoms with Crippen molar-refractivity contribution in [3.8, 4) is 0 Å². The van der Waals surface area contributed by atoms with Gasteiger partial charge in [0.15, 0.2) is 0 Å². The van der Waals surface area contributed by atoms with Crippen LogP contribution < -0.4 is 5.73 Å². The third kappa shape index (κ3) is 4.58. The molecule has 2 N–H and O–H groups in total. The molecule has 0 fully saturated rings. The molecular formula is C16H18FN3S. The van der Waals surface area contributed by atoms with Gasteiger partial charge in [-0.05, 0) is 36.9 Å². The average molecular weight is 303 g/mol. The minimum absolute atomic E-state index is 0.225. The summed E-state index contributed by atoms with van der Waals surface area (Å²) >= 11 is 4.99. The molecule has 1 aromatic carbocycles. The predicted molar refractivity (Wildman–Crippen MR) is 86.6 cm³/mol. The molecule has 0 bridgehead atoms. The van der Waals surface area contributed by atoms with E-state index in [9.17, 15) is 4.39 Å². The van der Waals surface area contributed by atoms with Crippen LogP contribution in [-0.4, -0.2) is 28.5 Å². The van der Waals surface area contributed by atoms with Gasteiger partial charge in [0.25, 0.3) is 0 Å². The highest BCUT2D eigenvalue weighted by Crippen LogP contribution is 2.13. The molecule has 21 heavy (non-hydrogen) atoms. The molecule has 0 amide bonds. The summed E-state index contributed by atoms with van der Waals surface area (Å²) < 4.78 is 13.3. The van der Waals surface area contributed by atoms with Crippen molar-refractivity contribution in [2.45, 2.75) is 13.0 Å². The highest BCUT2D eigenvalue weighted by molar-refractivity contribution is 7.80. The number of nitrogens with zero attached hydrogens (tertiary/aromatic N) is 2. The number of thiocarbonyl (C=S) groups is 1. The third-order valence-electron chi connectivity index (χ3n) is 3.25. The van der Waals surface area contributed by atoms with E-state index in [-0.39, 0.29) is 10.8 Å². The monoisotopic (exact) mass is 303 g/mol. The Morgan fingerprint density at radius 1 is 1.33 bits per heavy atom. The molecule has 3 nitrogen and oxygen atoms in total. The molecule has 0 saturated carbocycles. The van der Waals surface area contributed by atoms with E-state index in [1.807, 2.05) is 25.2 Å². The molecule has 0 saturated heterocycles. The molecular weight excluding hydrogens is 285 g/mol. The molecule has 0 radical (unpaired) electrons. The van der Waals surface area contributed by atoms with Crippen LogP contribution in [0.15, 0.2) is 42.6 Å². The summed E-state index contributed by atoms with van der Waals surface area (Å²) in [6.07, 6.45) is 2.65. The van der Waals surface area contributed by atoms with Gasteiger partial charge in [-0.15, -0.1) is 0 Å². The number of nitrogens with two attached hydrogens (primary N) is 1. The standard InChI is InChI=1S/C16H18FN3S/c1-20(9-7-14-4-2-3-8-19-14)11-12-5-6-13(17)10-15(12)16(18)21/h2-6,8,10H,7,9,11H2,1H3,(H2,18,21). The van der Waals surface area contributed by atoms with Crippen LogP contribution in [0.25, 0.3) is 0 Å². The first-order valence-electron chi connectivity index (χ1n) is 6.73. The zero-order valence-corrected chi connectivity index (χ0v) is 12.7. The molecule has 1 heterocycles. The van der Waals surface area contributed by atoms with Gasteiger partial charge < -0.3 is 10.6 Å². The second kappa shape index (κ2) is 7.24. The molecule has 0 unspecified atom stereocenters. The number of hydrogen-bond donors (Lipinski definition) is 1. The highest BCUT2D eigenvalue weighted by Gasteiger charge is 2.09. The summed E-state index contributed by atoms with van der Waals surface area (Å²) in [5.41, 5.74) is 8.26. The maximum Gasteiger partial charge on any atom is 0.123 e. The molecule has 5 heteroatoms. The number of benzene rings is 1. The Kier molecular flexibility index (Phi) is 5.36. The molecule has 0 atom stereocenters. The van der Waals surface area contributed by atoms with Gasteiger partial charge in [-0.2, -0.15) is 0 Å². The third-order valence-corrected chi connectivity index (χ3v) is 3.47. The van der Waals surface area contributed by atoms with Gasteiger partial charge in [-0.25, -0.2) is 4.39 Å². The minimum Gasteiger partial charge on any atom is -0.389 e. The van der Waals surface area contributed by atoms with Crippen LogP contribution in [0.1, 0.15) is 16.8 Å². The van der Waals surface area contributed by atoms with Crippen LogP contribution in [-0.2, 0) is 13.0 Å². The zero-order chi connectivity index (χ0) is 15.2. The smallest absolute Gasteiger partial charge is 0.123 e. The summed E-state index contributed by atoms with van der Waals surface area (Å²) in [5, 5.41) is 0. The molecule has 2 aromatic rings. The van der Waals surface area contributed by atoms with Gasteiger partial charge in [0.1, 0.15) is 10.8 Å². The molecule has 0 aliphatic carbocycles. The number of pyridine rings is 1. The Bertz CT molecular complexity index is 616. The Morgan fingerprint density at radius 3 is 2.81 bits per heavy atom. The normalized spacial score (nSPS) is 10.8. The van der Waals surface area contributed by atoms with Crippen LogP contribution in [0.3, 0.4) is 0 Å². The Labute approximate surface area is 129 Å². The molecule has 0 aliphatic heterocycles. The largest absolute Gasteiger partial charge is 0.389 e. The van der Waals surface area contributed by atoms with Crippen molar-refractivity contribution in [2.75, 3.05) is 13.6 Å². The van der Waals surface area contributed by atoms with E-state index >= 15 is 0 Å². The van der Waals surface area contributed by atoms with Crippen molar-refractivity contribution >= 4 is 17.2 Å². The van der Waals surface area contributed by atoms with Gasteiger partial charge in [0.2, 0.25) is 0 Å². The minimum atomic E-state index is -0.322. The van der Waals surface area contributed by atoms with Crippen LogP contribution >= 0.6 is 12.2 Å². The van der Waals surface area contributed by atoms with Crippen LogP contribution in [0, 0.1) is 5.82 Å². The van der Waals surface area contributed by atoms with Gasteiger partial charge >= 0.3 is 0 Å². The lowest BCUT2D eigenvalue weighted by Gasteiger charge is -2.18.